The predicted octanol–water partition coefficient (Wildman–Crippen LogP) is 1.89. The van der Waals surface area contributed by atoms with Crippen molar-refractivity contribution >= 4 is 33.4 Å². The molecule has 0 heterocycles. The summed E-state index contributed by atoms with van der Waals surface area (Å²) < 4.78 is 0.956. The van der Waals surface area contributed by atoms with Gasteiger partial charge < -0.3 is 16.0 Å². The number of rotatable bonds is 5. The van der Waals surface area contributed by atoms with E-state index in [2.05, 4.69) is 21.2 Å². The Morgan fingerprint density at radius 1 is 1.45 bits per heavy atom. The molecular weight excluding hydrogens is 322 g/mol. The van der Waals surface area contributed by atoms with E-state index in [-0.39, 0.29) is 30.8 Å². The number of amides is 2. The molecule has 0 saturated carbocycles. The van der Waals surface area contributed by atoms with Gasteiger partial charge in [0.1, 0.15) is 0 Å². The predicted molar refractivity (Wildman–Crippen MR) is 83.4 cm³/mol. The van der Waals surface area contributed by atoms with Crippen LogP contribution in [0.15, 0.2) is 22.7 Å². The van der Waals surface area contributed by atoms with E-state index in [1.54, 1.807) is 14.0 Å². The Morgan fingerprint density at radius 2 is 2.10 bits per heavy atom. The van der Waals surface area contributed by atoms with E-state index in [0.29, 0.717) is 0 Å². The van der Waals surface area contributed by atoms with E-state index in [4.69, 9.17) is 5.73 Å². The summed E-state index contributed by atoms with van der Waals surface area (Å²) in [6, 6.07) is 5.39. The third-order valence-electron chi connectivity index (χ3n) is 2.77. The zero-order valence-electron chi connectivity index (χ0n) is 11.9. The van der Waals surface area contributed by atoms with Crippen LogP contribution >= 0.6 is 15.9 Å². The molecular formula is C14H20BrN3O2. The second-order valence-corrected chi connectivity index (χ2v) is 5.85. The normalized spacial score (nSPS) is 11.8. The molecule has 0 fully saturated rings. The third kappa shape index (κ3) is 5.30. The highest BCUT2D eigenvalue weighted by atomic mass is 79.9. The average Bonchev–Trinajstić information content (AvgIpc) is 2.31. The number of carbonyl (C=O) groups excluding carboxylic acids is 2. The van der Waals surface area contributed by atoms with E-state index in [0.717, 1.165) is 15.7 Å². The van der Waals surface area contributed by atoms with Gasteiger partial charge in [-0.1, -0.05) is 15.9 Å². The molecule has 0 radical (unpaired) electrons. The van der Waals surface area contributed by atoms with Gasteiger partial charge in [0.15, 0.2) is 0 Å². The van der Waals surface area contributed by atoms with Crippen LogP contribution in [-0.2, 0) is 9.59 Å². The van der Waals surface area contributed by atoms with Crippen LogP contribution in [0.2, 0.25) is 0 Å². The number of likely N-dealkylation sites (N-methyl/N-ethyl adjacent to an activating group) is 1. The lowest BCUT2D eigenvalue weighted by atomic mass is 10.2. The number of benzene rings is 1. The van der Waals surface area contributed by atoms with E-state index >= 15 is 0 Å². The molecule has 0 saturated heterocycles. The molecule has 0 spiro atoms. The molecule has 1 unspecified atom stereocenters. The van der Waals surface area contributed by atoms with E-state index < -0.39 is 0 Å². The van der Waals surface area contributed by atoms with Crippen molar-refractivity contribution in [3.8, 4) is 0 Å². The molecule has 1 aromatic carbocycles. The van der Waals surface area contributed by atoms with Crippen LogP contribution in [0.3, 0.4) is 0 Å². The lowest BCUT2D eigenvalue weighted by molar-refractivity contribution is -0.133. The van der Waals surface area contributed by atoms with Crippen molar-refractivity contribution in [1.82, 2.24) is 4.90 Å². The van der Waals surface area contributed by atoms with Gasteiger partial charge in [-0.05, 0) is 37.6 Å². The zero-order chi connectivity index (χ0) is 15.3. The highest BCUT2D eigenvalue weighted by molar-refractivity contribution is 9.10. The van der Waals surface area contributed by atoms with Crippen LogP contribution in [0.4, 0.5) is 5.69 Å². The van der Waals surface area contributed by atoms with E-state index in [1.165, 1.54) is 4.90 Å². The van der Waals surface area contributed by atoms with Crippen LogP contribution in [0.5, 0.6) is 0 Å². The molecule has 110 valence electrons. The van der Waals surface area contributed by atoms with Crippen molar-refractivity contribution in [2.45, 2.75) is 26.3 Å². The molecule has 2 amide bonds. The Bertz CT molecular complexity index is 503. The standard InChI is InChI=1S/C14H20BrN3O2/c1-9-6-11(15)4-5-12(9)17-13(19)8-18(3)14(20)7-10(2)16/h4-6,10H,7-8,16H2,1-3H3,(H,17,19). The molecule has 5 nitrogen and oxygen atoms in total. The van der Waals surface area contributed by atoms with Crippen LogP contribution < -0.4 is 11.1 Å². The molecule has 3 N–H and O–H groups in total. The first kappa shape index (κ1) is 16.7. The summed E-state index contributed by atoms with van der Waals surface area (Å²) in [7, 11) is 1.60. The van der Waals surface area contributed by atoms with Gasteiger partial charge in [-0.2, -0.15) is 0 Å². The lowest BCUT2D eigenvalue weighted by Crippen LogP contribution is -2.37. The Labute approximate surface area is 127 Å². The van der Waals surface area contributed by atoms with Gasteiger partial charge >= 0.3 is 0 Å². The quantitative estimate of drug-likeness (QED) is 0.858. The molecule has 0 aliphatic heterocycles. The fourth-order valence-electron chi connectivity index (χ4n) is 1.69. The van der Waals surface area contributed by atoms with Crippen LogP contribution in [0, 0.1) is 6.92 Å². The number of nitrogens with zero attached hydrogens (tertiary/aromatic N) is 1. The largest absolute Gasteiger partial charge is 0.336 e. The van der Waals surface area contributed by atoms with Gasteiger partial charge in [0, 0.05) is 29.7 Å². The van der Waals surface area contributed by atoms with Crippen molar-refractivity contribution in [3.63, 3.8) is 0 Å². The van der Waals surface area contributed by atoms with Gasteiger partial charge in [-0.25, -0.2) is 0 Å². The van der Waals surface area contributed by atoms with Crippen molar-refractivity contribution in [2.75, 3.05) is 18.9 Å². The summed E-state index contributed by atoms with van der Waals surface area (Å²) in [6.07, 6.45) is 0.237. The highest BCUT2D eigenvalue weighted by Gasteiger charge is 2.14. The summed E-state index contributed by atoms with van der Waals surface area (Å²) in [5, 5.41) is 2.79. The molecule has 1 atom stereocenters. The molecule has 6 heteroatoms. The number of hydrogen-bond donors (Lipinski definition) is 2. The fraction of sp³-hybridized carbons (Fsp3) is 0.429. The average molecular weight is 342 g/mol. The van der Waals surface area contributed by atoms with Crippen LogP contribution in [0.1, 0.15) is 18.9 Å². The molecule has 0 aromatic heterocycles. The first-order valence-corrected chi connectivity index (χ1v) is 7.14. The summed E-state index contributed by atoms with van der Waals surface area (Å²) in [6.45, 7) is 3.68. The van der Waals surface area contributed by atoms with Gasteiger partial charge in [0.2, 0.25) is 11.8 Å². The van der Waals surface area contributed by atoms with Gasteiger partial charge in [0.05, 0.1) is 6.54 Å². The Morgan fingerprint density at radius 3 is 2.65 bits per heavy atom. The number of halogens is 1. The minimum atomic E-state index is -0.226. The Kier molecular flexibility index (Phi) is 6.16. The number of hydrogen-bond acceptors (Lipinski definition) is 3. The van der Waals surface area contributed by atoms with E-state index in [1.807, 2.05) is 25.1 Å². The maximum absolute atomic E-state index is 11.9. The second kappa shape index (κ2) is 7.40. The minimum Gasteiger partial charge on any atom is -0.336 e. The van der Waals surface area contributed by atoms with Crippen molar-refractivity contribution < 1.29 is 9.59 Å². The third-order valence-corrected chi connectivity index (χ3v) is 3.26. The Balaban J connectivity index is 2.57. The number of aryl methyl sites for hydroxylation is 1. The SMILES string of the molecule is Cc1cc(Br)ccc1NC(=O)CN(C)C(=O)CC(C)N. The van der Waals surface area contributed by atoms with Crippen molar-refractivity contribution in [1.29, 1.82) is 0 Å². The van der Waals surface area contributed by atoms with E-state index in [9.17, 15) is 9.59 Å². The highest BCUT2D eigenvalue weighted by Crippen LogP contribution is 2.19. The number of nitrogens with one attached hydrogen (secondary N) is 1. The lowest BCUT2D eigenvalue weighted by Gasteiger charge is -2.18. The molecule has 0 aliphatic carbocycles. The summed E-state index contributed by atoms with van der Waals surface area (Å²) in [4.78, 5) is 25.0. The number of carbonyl (C=O) groups is 2. The summed E-state index contributed by atoms with van der Waals surface area (Å²) >= 11 is 3.37. The summed E-state index contributed by atoms with van der Waals surface area (Å²) in [5.74, 6) is -0.362. The van der Waals surface area contributed by atoms with Gasteiger partial charge in [0.25, 0.3) is 0 Å². The second-order valence-electron chi connectivity index (χ2n) is 4.94. The fourth-order valence-corrected chi connectivity index (χ4v) is 2.17. The zero-order valence-corrected chi connectivity index (χ0v) is 13.5. The van der Waals surface area contributed by atoms with Gasteiger partial charge in [-0.15, -0.1) is 0 Å². The monoisotopic (exact) mass is 341 g/mol. The maximum Gasteiger partial charge on any atom is 0.243 e. The van der Waals surface area contributed by atoms with Crippen LogP contribution in [0.25, 0.3) is 0 Å². The van der Waals surface area contributed by atoms with Crippen molar-refractivity contribution in [2.24, 2.45) is 5.73 Å². The topological polar surface area (TPSA) is 75.4 Å². The smallest absolute Gasteiger partial charge is 0.243 e. The summed E-state index contributed by atoms with van der Waals surface area (Å²) in [5.41, 5.74) is 7.26. The molecule has 1 aromatic rings. The molecule has 0 aliphatic rings. The number of anilines is 1. The number of nitrogens with two attached hydrogens (primary N) is 1. The Hall–Kier alpha value is -1.40. The van der Waals surface area contributed by atoms with Crippen LogP contribution in [-0.4, -0.2) is 36.3 Å². The minimum absolute atomic E-state index is 0.0149. The van der Waals surface area contributed by atoms with Gasteiger partial charge in [-0.3, -0.25) is 9.59 Å². The first-order valence-electron chi connectivity index (χ1n) is 6.35. The molecule has 20 heavy (non-hydrogen) atoms. The molecule has 1 rings (SSSR count). The first-order chi connectivity index (χ1) is 9.29. The maximum atomic E-state index is 11.9. The molecule has 0 bridgehead atoms. The van der Waals surface area contributed by atoms with Crippen molar-refractivity contribution in [3.05, 3.63) is 28.2 Å².